The van der Waals surface area contributed by atoms with E-state index in [1.165, 1.54) is 19.3 Å². The van der Waals surface area contributed by atoms with Gasteiger partial charge in [-0.2, -0.15) is 5.26 Å². The van der Waals surface area contributed by atoms with Crippen molar-refractivity contribution in [2.45, 2.75) is 51.5 Å². The molecule has 20 heavy (non-hydrogen) atoms. The smallest absolute Gasteiger partial charge is 0.222 e. The first-order valence-corrected chi connectivity index (χ1v) is 8.04. The van der Waals surface area contributed by atoms with Crippen molar-refractivity contribution in [3.8, 4) is 6.07 Å². The van der Waals surface area contributed by atoms with Crippen molar-refractivity contribution in [3.05, 3.63) is 0 Å². The van der Waals surface area contributed by atoms with Crippen LogP contribution in [0.3, 0.4) is 0 Å². The van der Waals surface area contributed by atoms with E-state index in [9.17, 15) is 10.1 Å². The van der Waals surface area contributed by atoms with Gasteiger partial charge in [0.25, 0.3) is 0 Å². The zero-order valence-electron chi connectivity index (χ0n) is 12.8. The number of hydrogen-bond donors (Lipinski definition) is 1. The Bertz CT molecular complexity index is 368. The van der Waals surface area contributed by atoms with Crippen molar-refractivity contribution in [1.82, 2.24) is 10.2 Å². The Morgan fingerprint density at radius 2 is 2.00 bits per heavy atom. The van der Waals surface area contributed by atoms with Gasteiger partial charge in [0.05, 0.1) is 12.0 Å². The summed E-state index contributed by atoms with van der Waals surface area (Å²) in [4.78, 5) is 14.2. The zero-order chi connectivity index (χ0) is 14.5. The Balaban J connectivity index is 1.93. The van der Waals surface area contributed by atoms with Crippen molar-refractivity contribution in [2.24, 2.45) is 17.8 Å². The second kappa shape index (κ2) is 7.08. The number of carbonyl (C=O) groups is 1. The predicted octanol–water partition coefficient (Wildman–Crippen LogP) is 2.16. The molecule has 1 heterocycles. The maximum Gasteiger partial charge on any atom is 0.222 e. The largest absolute Gasteiger partial charge is 0.359 e. The molecule has 1 N–H and O–H groups in total. The van der Waals surface area contributed by atoms with Crippen molar-refractivity contribution < 1.29 is 4.79 Å². The van der Waals surface area contributed by atoms with Crippen LogP contribution < -0.4 is 5.32 Å². The lowest BCUT2D eigenvalue weighted by atomic mass is 9.76. The van der Waals surface area contributed by atoms with E-state index in [2.05, 4.69) is 23.2 Å². The van der Waals surface area contributed by atoms with Gasteiger partial charge in [0, 0.05) is 19.0 Å². The molecule has 0 bridgehead atoms. The molecule has 3 unspecified atom stereocenters. The Morgan fingerprint density at radius 1 is 1.30 bits per heavy atom. The summed E-state index contributed by atoms with van der Waals surface area (Å²) in [6.07, 6.45) is 6.52. The predicted molar refractivity (Wildman–Crippen MR) is 78.9 cm³/mol. The molecule has 4 nitrogen and oxygen atoms in total. The summed E-state index contributed by atoms with van der Waals surface area (Å²) in [7, 11) is 1.72. The minimum atomic E-state index is 0.169. The number of nitrogens with one attached hydrogen (secondary N) is 1. The van der Waals surface area contributed by atoms with Gasteiger partial charge >= 0.3 is 0 Å². The summed E-state index contributed by atoms with van der Waals surface area (Å²) >= 11 is 0. The van der Waals surface area contributed by atoms with E-state index in [4.69, 9.17) is 0 Å². The molecule has 2 aliphatic rings. The number of rotatable bonds is 3. The molecule has 1 saturated carbocycles. The Hall–Kier alpha value is -1.08. The molecule has 1 saturated heterocycles. The van der Waals surface area contributed by atoms with Gasteiger partial charge < -0.3 is 5.32 Å². The van der Waals surface area contributed by atoms with Crippen LogP contribution in [0.2, 0.25) is 0 Å². The Labute approximate surface area is 122 Å². The van der Waals surface area contributed by atoms with E-state index >= 15 is 0 Å². The fourth-order valence-corrected chi connectivity index (χ4v) is 3.85. The molecule has 0 aromatic rings. The standard InChI is InChI=1S/C16H27N3O/c1-3-12-4-5-14(11-17)15(10-12)19-8-6-13(7-9-19)16(20)18-2/h12-15H,3-10H2,1-2H3,(H,18,20). The molecule has 2 rings (SSSR count). The van der Waals surface area contributed by atoms with Gasteiger partial charge in [0.1, 0.15) is 0 Å². The number of nitrogens with zero attached hydrogens (tertiary/aromatic N) is 2. The molecule has 4 heteroatoms. The molecule has 0 radical (unpaired) electrons. The summed E-state index contributed by atoms with van der Waals surface area (Å²) in [6.45, 7) is 4.20. The number of hydrogen-bond acceptors (Lipinski definition) is 3. The van der Waals surface area contributed by atoms with E-state index in [1.54, 1.807) is 7.05 Å². The summed E-state index contributed by atoms with van der Waals surface area (Å²) in [5.74, 6) is 1.31. The van der Waals surface area contributed by atoms with Crippen LogP contribution >= 0.6 is 0 Å². The molecule has 3 atom stereocenters. The van der Waals surface area contributed by atoms with Crippen molar-refractivity contribution in [3.63, 3.8) is 0 Å². The van der Waals surface area contributed by atoms with Crippen LogP contribution in [0.5, 0.6) is 0 Å². The molecule has 112 valence electrons. The van der Waals surface area contributed by atoms with Crippen LogP contribution in [0.15, 0.2) is 0 Å². The first-order valence-electron chi connectivity index (χ1n) is 8.04. The second-order valence-electron chi connectivity index (χ2n) is 6.31. The number of nitriles is 1. The summed E-state index contributed by atoms with van der Waals surface area (Å²) in [5.41, 5.74) is 0. The van der Waals surface area contributed by atoms with E-state index in [0.717, 1.165) is 38.3 Å². The first kappa shape index (κ1) is 15.3. The maximum absolute atomic E-state index is 11.7. The highest BCUT2D eigenvalue weighted by Gasteiger charge is 2.36. The van der Waals surface area contributed by atoms with Gasteiger partial charge in [-0.3, -0.25) is 9.69 Å². The molecular formula is C16H27N3O. The second-order valence-corrected chi connectivity index (χ2v) is 6.31. The molecule has 1 amide bonds. The van der Waals surface area contributed by atoms with Gasteiger partial charge in [-0.05, 0) is 51.1 Å². The fourth-order valence-electron chi connectivity index (χ4n) is 3.85. The summed E-state index contributed by atoms with van der Waals surface area (Å²) < 4.78 is 0. The number of piperidine rings is 1. The van der Waals surface area contributed by atoms with Crippen LogP contribution in [0.1, 0.15) is 45.4 Å². The number of likely N-dealkylation sites (tertiary alicyclic amines) is 1. The molecule has 2 fully saturated rings. The molecule has 0 aromatic heterocycles. The third kappa shape index (κ3) is 3.32. The minimum Gasteiger partial charge on any atom is -0.359 e. The Morgan fingerprint density at radius 3 is 2.55 bits per heavy atom. The minimum absolute atomic E-state index is 0.169. The molecular weight excluding hydrogens is 250 g/mol. The van der Waals surface area contributed by atoms with Crippen LogP contribution in [0, 0.1) is 29.1 Å². The highest BCUT2D eigenvalue weighted by Crippen LogP contribution is 2.35. The van der Waals surface area contributed by atoms with Gasteiger partial charge in [-0.25, -0.2) is 0 Å². The van der Waals surface area contributed by atoms with Gasteiger partial charge in [0.15, 0.2) is 0 Å². The van der Waals surface area contributed by atoms with Crippen molar-refractivity contribution in [1.29, 1.82) is 5.26 Å². The maximum atomic E-state index is 11.7. The lowest BCUT2D eigenvalue weighted by molar-refractivity contribution is -0.126. The number of carbonyl (C=O) groups excluding carboxylic acids is 1. The van der Waals surface area contributed by atoms with Crippen LogP contribution in [-0.2, 0) is 4.79 Å². The lowest BCUT2D eigenvalue weighted by Crippen LogP contribution is -2.49. The zero-order valence-corrected chi connectivity index (χ0v) is 12.8. The SMILES string of the molecule is CCC1CCC(C#N)C(N2CCC(C(=O)NC)CC2)C1. The van der Waals surface area contributed by atoms with Crippen molar-refractivity contribution >= 4 is 5.91 Å². The highest BCUT2D eigenvalue weighted by atomic mass is 16.1. The lowest BCUT2D eigenvalue weighted by Gasteiger charge is -2.43. The van der Waals surface area contributed by atoms with E-state index in [1.807, 2.05) is 0 Å². The van der Waals surface area contributed by atoms with Crippen LogP contribution in [0.4, 0.5) is 0 Å². The molecule has 1 aliphatic carbocycles. The third-order valence-electron chi connectivity index (χ3n) is 5.28. The van der Waals surface area contributed by atoms with E-state index in [0.29, 0.717) is 6.04 Å². The summed E-state index contributed by atoms with van der Waals surface area (Å²) in [6, 6.07) is 2.94. The Kier molecular flexibility index (Phi) is 5.42. The quantitative estimate of drug-likeness (QED) is 0.860. The molecule has 0 spiro atoms. The van der Waals surface area contributed by atoms with E-state index < -0.39 is 0 Å². The molecule has 1 aliphatic heterocycles. The summed E-state index contributed by atoms with van der Waals surface area (Å²) in [5, 5.41) is 12.1. The third-order valence-corrected chi connectivity index (χ3v) is 5.28. The fraction of sp³-hybridized carbons (Fsp3) is 0.875. The van der Waals surface area contributed by atoms with Gasteiger partial charge in [-0.1, -0.05) is 13.3 Å². The average Bonchev–Trinajstić information content (AvgIpc) is 2.53. The monoisotopic (exact) mass is 277 g/mol. The highest BCUT2D eigenvalue weighted by molar-refractivity contribution is 5.78. The molecule has 0 aromatic carbocycles. The first-order chi connectivity index (χ1) is 9.69. The average molecular weight is 277 g/mol. The topological polar surface area (TPSA) is 56.1 Å². The van der Waals surface area contributed by atoms with Crippen LogP contribution in [0.25, 0.3) is 0 Å². The normalized spacial score (nSPS) is 32.5. The van der Waals surface area contributed by atoms with Gasteiger partial charge in [-0.15, -0.1) is 0 Å². The van der Waals surface area contributed by atoms with Gasteiger partial charge in [0.2, 0.25) is 5.91 Å². The van der Waals surface area contributed by atoms with Crippen LogP contribution in [-0.4, -0.2) is 37.0 Å². The van der Waals surface area contributed by atoms with Crippen molar-refractivity contribution in [2.75, 3.05) is 20.1 Å². The van der Waals surface area contributed by atoms with E-state index in [-0.39, 0.29) is 17.7 Å². The number of amides is 1.